The van der Waals surface area contributed by atoms with E-state index >= 15 is 0 Å². The molecule has 0 spiro atoms. The van der Waals surface area contributed by atoms with Gasteiger partial charge in [0.25, 0.3) is 0 Å². The third kappa shape index (κ3) is 3.81. The lowest BCUT2D eigenvalue weighted by molar-refractivity contribution is -0.139. The fraction of sp³-hybridized carbons (Fsp3) is 0.364. The van der Waals surface area contributed by atoms with Gasteiger partial charge in [0.2, 0.25) is 0 Å². The van der Waals surface area contributed by atoms with Gasteiger partial charge in [0, 0.05) is 11.3 Å². The lowest BCUT2D eigenvalue weighted by Crippen LogP contribution is -2.46. The van der Waals surface area contributed by atoms with Gasteiger partial charge in [-0.3, -0.25) is 0 Å². The highest BCUT2D eigenvalue weighted by Crippen LogP contribution is 2.39. The van der Waals surface area contributed by atoms with Gasteiger partial charge in [-0.2, -0.15) is 0 Å². The molecule has 148 valence electrons. The van der Waals surface area contributed by atoms with E-state index in [-0.39, 0.29) is 12.6 Å². The molecule has 1 aliphatic rings. The summed E-state index contributed by atoms with van der Waals surface area (Å²) in [5, 5.41) is 7.65. The van der Waals surface area contributed by atoms with Crippen molar-refractivity contribution in [3.63, 3.8) is 0 Å². The van der Waals surface area contributed by atoms with Crippen molar-refractivity contribution in [3.8, 4) is 5.75 Å². The van der Waals surface area contributed by atoms with Crippen LogP contribution in [0.5, 0.6) is 5.75 Å². The van der Waals surface area contributed by atoms with E-state index in [0.29, 0.717) is 23.4 Å². The van der Waals surface area contributed by atoms with Crippen LogP contribution in [0.1, 0.15) is 44.7 Å². The second-order valence-electron chi connectivity index (χ2n) is 6.65. The van der Waals surface area contributed by atoms with Crippen molar-refractivity contribution >= 4 is 22.8 Å². The molecule has 0 bridgehead atoms. The van der Waals surface area contributed by atoms with Gasteiger partial charge in [-0.15, -0.1) is 0 Å². The first-order valence-electron chi connectivity index (χ1n) is 9.64. The van der Waals surface area contributed by atoms with Crippen molar-refractivity contribution in [2.24, 2.45) is 0 Å². The highest BCUT2D eigenvalue weighted by atomic mass is 16.5. The molecule has 3 rings (SSSR count). The molecule has 1 atom stereocenters. The smallest absolute Gasteiger partial charge is 0.338 e. The Kier molecular flexibility index (Phi) is 6.19. The van der Waals surface area contributed by atoms with Crippen molar-refractivity contribution in [2.75, 3.05) is 13.7 Å². The molecule has 2 N–H and O–H groups in total. The Morgan fingerprint density at radius 1 is 1.14 bits per heavy atom. The number of methoxy groups -OCH3 is 1. The van der Waals surface area contributed by atoms with E-state index in [4.69, 9.17) is 9.47 Å². The third-order valence-corrected chi connectivity index (χ3v) is 4.87. The summed E-state index contributed by atoms with van der Waals surface area (Å²) in [5.74, 6) is 0.184. The molecular weight excluding hydrogens is 356 g/mol. The fourth-order valence-corrected chi connectivity index (χ4v) is 3.59. The summed E-state index contributed by atoms with van der Waals surface area (Å²) in [4.78, 5) is 25.3. The predicted octanol–water partition coefficient (Wildman–Crippen LogP) is 4.21. The highest BCUT2D eigenvalue weighted by molar-refractivity contribution is 5.98. The molecule has 2 amide bonds. The summed E-state index contributed by atoms with van der Waals surface area (Å²) in [6.07, 6.45) is 2.41. The van der Waals surface area contributed by atoms with Crippen LogP contribution in [0.3, 0.4) is 0 Å². The van der Waals surface area contributed by atoms with Crippen LogP contribution in [0.4, 0.5) is 4.79 Å². The molecule has 2 aromatic carbocycles. The largest absolute Gasteiger partial charge is 0.496 e. The molecule has 0 aliphatic carbocycles. The summed E-state index contributed by atoms with van der Waals surface area (Å²) in [5.41, 5.74) is 1.81. The van der Waals surface area contributed by atoms with Crippen LogP contribution in [0.25, 0.3) is 10.8 Å². The Morgan fingerprint density at radius 2 is 1.93 bits per heavy atom. The van der Waals surface area contributed by atoms with Crippen molar-refractivity contribution in [3.05, 3.63) is 53.2 Å². The maximum atomic E-state index is 12.9. The summed E-state index contributed by atoms with van der Waals surface area (Å²) >= 11 is 0. The zero-order chi connectivity index (χ0) is 20.1. The average molecular weight is 382 g/mol. The van der Waals surface area contributed by atoms with Gasteiger partial charge in [-0.25, -0.2) is 9.59 Å². The van der Waals surface area contributed by atoms with Crippen LogP contribution >= 0.6 is 0 Å². The molecule has 6 nitrogen and oxygen atoms in total. The molecule has 6 heteroatoms. The molecule has 1 heterocycles. The first-order chi connectivity index (χ1) is 13.6. The Bertz CT molecular complexity index is 920. The number of benzene rings is 2. The number of nitrogens with one attached hydrogen (secondary N) is 2. The molecule has 0 saturated carbocycles. The van der Waals surface area contributed by atoms with Crippen LogP contribution in [0.15, 0.2) is 47.7 Å². The number of unbranched alkanes of at least 4 members (excludes halogenated alkanes) is 1. The van der Waals surface area contributed by atoms with Crippen molar-refractivity contribution < 1.29 is 19.1 Å². The summed E-state index contributed by atoms with van der Waals surface area (Å²) in [7, 11) is 1.59. The number of amides is 2. The van der Waals surface area contributed by atoms with Crippen LogP contribution in [0, 0.1) is 0 Å². The molecule has 2 aromatic rings. The van der Waals surface area contributed by atoms with E-state index in [9.17, 15) is 9.59 Å². The van der Waals surface area contributed by atoms with Crippen LogP contribution in [-0.4, -0.2) is 25.7 Å². The highest BCUT2D eigenvalue weighted by Gasteiger charge is 2.35. The minimum absolute atomic E-state index is 0.261. The maximum Gasteiger partial charge on any atom is 0.338 e. The minimum atomic E-state index is -0.652. The third-order valence-electron chi connectivity index (χ3n) is 4.87. The Hall–Kier alpha value is -3.02. The lowest BCUT2D eigenvalue weighted by Gasteiger charge is -2.31. The fourth-order valence-electron chi connectivity index (χ4n) is 3.59. The monoisotopic (exact) mass is 382 g/mol. The minimum Gasteiger partial charge on any atom is -0.496 e. The van der Waals surface area contributed by atoms with Crippen molar-refractivity contribution in [2.45, 2.75) is 39.2 Å². The predicted molar refractivity (Wildman–Crippen MR) is 108 cm³/mol. The Morgan fingerprint density at radius 3 is 2.64 bits per heavy atom. The molecule has 0 radical (unpaired) electrons. The lowest BCUT2D eigenvalue weighted by atomic mass is 9.89. The van der Waals surface area contributed by atoms with Gasteiger partial charge in [-0.05, 0) is 36.6 Å². The number of esters is 1. The topological polar surface area (TPSA) is 76.7 Å². The Labute approximate surface area is 164 Å². The second kappa shape index (κ2) is 8.78. The number of hydrogen-bond acceptors (Lipinski definition) is 4. The summed E-state index contributed by atoms with van der Waals surface area (Å²) in [6, 6.07) is 10.7. The number of urea groups is 1. The second-order valence-corrected chi connectivity index (χ2v) is 6.65. The zero-order valence-corrected chi connectivity index (χ0v) is 16.5. The molecule has 1 aliphatic heterocycles. The number of rotatable bonds is 7. The van der Waals surface area contributed by atoms with E-state index in [0.717, 1.165) is 29.2 Å². The van der Waals surface area contributed by atoms with Gasteiger partial charge in [0.05, 0.1) is 25.3 Å². The average Bonchev–Trinajstić information content (AvgIpc) is 2.70. The van der Waals surface area contributed by atoms with Crippen LogP contribution < -0.4 is 15.4 Å². The number of carbonyl (C=O) groups excluding carboxylic acids is 2. The van der Waals surface area contributed by atoms with E-state index < -0.39 is 12.0 Å². The number of fused-ring (bicyclic) bond motifs is 1. The molecule has 28 heavy (non-hydrogen) atoms. The first-order valence-corrected chi connectivity index (χ1v) is 9.64. The number of carbonyl (C=O) groups is 2. The van der Waals surface area contributed by atoms with Gasteiger partial charge < -0.3 is 20.1 Å². The molecule has 1 unspecified atom stereocenters. The van der Waals surface area contributed by atoms with Gasteiger partial charge >= 0.3 is 12.0 Å². The number of allylic oxidation sites excluding steroid dienone is 1. The Balaban J connectivity index is 2.24. The van der Waals surface area contributed by atoms with Gasteiger partial charge in [-0.1, -0.05) is 43.7 Å². The van der Waals surface area contributed by atoms with Gasteiger partial charge in [0.1, 0.15) is 5.75 Å². The molecule has 0 saturated heterocycles. The summed E-state index contributed by atoms with van der Waals surface area (Å²) in [6.45, 7) is 4.10. The number of ether oxygens (including phenoxy) is 2. The molecular formula is C22H26N2O4. The van der Waals surface area contributed by atoms with E-state index in [1.165, 1.54) is 0 Å². The number of hydrogen-bond donors (Lipinski definition) is 2. The van der Waals surface area contributed by atoms with Gasteiger partial charge in [0.15, 0.2) is 0 Å². The van der Waals surface area contributed by atoms with Crippen molar-refractivity contribution in [1.82, 2.24) is 10.6 Å². The standard InChI is InChI=1S/C22H26N2O4/c1-4-6-11-16-19(21(25)28-5-2)20(24-22(26)23-16)18-15-10-8-7-9-14(15)12-13-17(18)27-3/h7-10,12-13,20H,4-6,11H2,1-3H3,(H2,23,24,26). The maximum absolute atomic E-state index is 12.9. The summed E-state index contributed by atoms with van der Waals surface area (Å²) < 4.78 is 10.9. The molecule has 0 fully saturated rings. The quantitative estimate of drug-likeness (QED) is 0.704. The van der Waals surface area contributed by atoms with E-state index in [1.807, 2.05) is 36.4 Å². The van der Waals surface area contributed by atoms with Crippen LogP contribution in [0.2, 0.25) is 0 Å². The van der Waals surface area contributed by atoms with E-state index in [1.54, 1.807) is 14.0 Å². The molecule has 0 aromatic heterocycles. The first kappa shape index (κ1) is 19.7. The zero-order valence-electron chi connectivity index (χ0n) is 16.5. The SMILES string of the molecule is CCCCC1=C(C(=O)OCC)C(c2c(OC)ccc3ccccc23)NC(=O)N1. The van der Waals surface area contributed by atoms with E-state index in [2.05, 4.69) is 17.6 Å². The van der Waals surface area contributed by atoms with Crippen molar-refractivity contribution in [1.29, 1.82) is 0 Å². The normalized spacial score (nSPS) is 16.5. The van der Waals surface area contributed by atoms with Crippen LogP contribution in [-0.2, 0) is 9.53 Å².